The topological polar surface area (TPSA) is 74.1 Å². The Bertz CT molecular complexity index is 1020. The van der Waals surface area contributed by atoms with Gasteiger partial charge in [0.25, 0.3) is 5.91 Å². The average molecular weight is 396 g/mol. The molecule has 0 saturated heterocycles. The summed E-state index contributed by atoms with van der Waals surface area (Å²) in [6.45, 7) is 4.27. The quantitative estimate of drug-likeness (QED) is 0.768. The van der Waals surface area contributed by atoms with E-state index in [4.69, 9.17) is 11.6 Å². The van der Waals surface area contributed by atoms with E-state index in [1.807, 2.05) is 32.0 Å². The zero-order chi connectivity index (χ0) is 20.5. The molecule has 1 aromatic carbocycles. The van der Waals surface area contributed by atoms with Gasteiger partial charge in [0, 0.05) is 35.6 Å². The molecule has 6 heteroatoms. The van der Waals surface area contributed by atoms with E-state index in [1.165, 1.54) is 0 Å². The SMILES string of the molecule is CN(CC[C@H]1C=C(C#N)C(=O)C(C)(C)C1)C(=O)c1cnc2cc(Cl)ccc2c1. The van der Waals surface area contributed by atoms with Crippen molar-refractivity contribution in [2.45, 2.75) is 26.7 Å². The van der Waals surface area contributed by atoms with Crippen molar-refractivity contribution in [2.75, 3.05) is 13.6 Å². The molecule has 0 unspecified atom stereocenters. The first-order valence-electron chi connectivity index (χ1n) is 9.19. The molecule has 3 rings (SSSR count). The van der Waals surface area contributed by atoms with Gasteiger partial charge in [0.1, 0.15) is 6.07 Å². The number of hydrogen-bond acceptors (Lipinski definition) is 4. The van der Waals surface area contributed by atoms with Gasteiger partial charge in [-0.1, -0.05) is 37.6 Å². The van der Waals surface area contributed by atoms with Crippen molar-refractivity contribution in [3.8, 4) is 6.07 Å². The van der Waals surface area contributed by atoms with Crippen molar-refractivity contribution in [3.05, 3.63) is 52.7 Å². The lowest BCUT2D eigenvalue weighted by Crippen LogP contribution is -2.34. The number of fused-ring (bicyclic) bond motifs is 1. The Morgan fingerprint density at radius 3 is 2.86 bits per heavy atom. The largest absolute Gasteiger partial charge is 0.342 e. The lowest BCUT2D eigenvalue weighted by Gasteiger charge is -2.32. The zero-order valence-corrected chi connectivity index (χ0v) is 17.0. The third-order valence-corrected chi connectivity index (χ3v) is 5.46. The Balaban J connectivity index is 1.69. The first-order valence-corrected chi connectivity index (χ1v) is 9.56. The standard InChI is InChI=1S/C22H22ClN3O2/c1-22(2)11-14(8-16(12-24)20(22)27)6-7-26(3)21(28)17-9-15-4-5-18(23)10-19(15)25-13-17/h4-5,8-10,13-14H,6-7,11H2,1-3H3/t14-/m0/s1. The number of nitrogens with zero attached hydrogens (tertiary/aromatic N) is 3. The van der Waals surface area contributed by atoms with Crippen LogP contribution in [-0.2, 0) is 4.79 Å². The molecule has 1 amide bonds. The van der Waals surface area contributed by atoms with Crippen molar-refractivity contribution in [2.24, 2.45) is 11.3 Å². The molecule has 1 aliphatic rings. The maximum absolute atomic E-state index is 12.8. The summed E-state index contributed by atoms with van der Waals surface area (Å²) in [5.74, 6) is -0.118. The normalized spacial score (nSPS) is 18.5. The Labute approximate surface area is 169 Å². The highest BCUT2D eigenvalue weighted by Gasteiger charge is 2.36. The zero-order valence-electron chi connectivity index (χ0n) is 16.2. The molecule has 0 fully saturated rings. The first kappa shape index (κ1) is 20.0. The summed E-state index contributed by atoms with van der Waals surface area (Å²) < 4.78 is 0. The molecule has 1 atom stereocenters. The molecule has 28 heavy (non-hydrogen) atoms. The van der Waals surface area contributed by atoms with Crippen LogP contribution in [0.3, 0.4) is 0 Å². The summed E-state index contributed by atoms with van der Waals surface area (Å²) in [5, 5.41) is 10.7. The van der Waals surface area contributed by atoms with Gasteiger partial charge in [0.15, 0.2) is 5.78 Å². The Hall–Kier alpha value is -2.71. The first-order chi connectivity index (χ1) is 13.2. The maximum Gasteiger partial charge on any atom is 0.255 e. The van der Waals surface area contributed by atoms with Crippen molar-refractivity contribution < 1.29 is 9.59 Å². The van der Waals surface area contributed by atoms with Crippen LogP contribution in [0.4, 0.5) is 0 Å². The molecule has 0 N–H and O–H groups in total. The van der Waals surface area contributed by atoms with Gasteiger partial charge >= 0.3 is 0 Å². The van der Waals surface area contributed by atoms with Crippen LogP contribution in [0.1, 0.15) is 37.0 Å². The number of hydrogen-bond donors (Lipinski definition) is 0. The third-order valence-electron chi connectivity index (χ3n) is 5.23. The van der Waals surface area contributed by atoms with Crippen LogP contribution < -0.4 is 0 Å². The molecular weight excluding hydrogens is 374 g/mol. The summed E-state index contributed by atoms with van der Waals surface area (Å²) >= 11 is 5.98. The number of aromatic nitrogens is 1. The number of benzene rings is 1. The number of carbonyl (C=O) groups excluding carboxylic acids is 2. The Morgan fingerprint density at radius 2 is 2.14 bits per heavy atom. The number of nitriles is 1. The summed E-state index contributed by atoms with van der Waals surface area (Å²) in [7, 11) is 1.75. The molecule has 0 radical (unpaired) electrons. The minimum absolute atomic E-state index is 0.0921. The van der Waals surface area contributed by atoms with E-state index in [1.54, 1.807) is 36.4 Å². The smallest absolute Gasteiger partial charge is 0.255 e. The van der Waals surface area contributed by atoms with Crippen LogP contribution in [-0.4, -0.2) is 35.2 Å². The van der Waals surface area contributed by atoms with Gasteiger partial charge < -0.3 is 4.90 Å². The number of carbonyl (C=O) groups is 2. The van der Waals surface area contributed by atoms with Gasteiger partial charge in [-0.25, -0.2) is 0 Å². The summed E-state index contributed by atoms with van der Waals surface area (Å²) in [6.07, 6.45) is 4.69. The molecule has 2 aromatic rings. The second kappa shape index (κ2) is 7.73. The molecule has 1 aliphatic carbocycles. The van der Waals surface area contributed by atoms with Crippen LogP contribution in [0.25, 0.3) is 10.9 Å². The van der Waals surface area contributed by atoms with Gasteiger partial charge in [0.05, 0.1) is 16.7 Å². The second-order valence-corrected chi connectivity index (χ2v) is 8.38. The lowest BCUT2D eigenvalue weighted by molar-refractivity contribution is -0.124. The number of halogens is 1. The van der Waals surface area contributed by atoms with E-state index >= 15 is 0 Å². The van der Waals surface area contributed by atoms with Gasteiger partial charge in [-0.2, -0.15) is 5.26 Å². The van der Waals surface area contributed by atoms with Gasteiger partial charge in [-0.05, 0) is 37.0 Å². The summed E-state index contributed by atoms with van der Waals surface area (Å²) in [4.78, 5) is 31.0. The fourth-order valence-corrected chi connectivity index (χ4v) is 3.82. The van der Waals surface area contributed by atoms with Crippen molar-refractivity contribution in [3.63, 3.8) is 0 Å². The minimum Gasteiger partial charge on any atom is -0.342 e. The predicted molar refractivity (Wildman–Crippen MR) is 109 cm³/mol. The number of allylic oxidation sites excluding steroid dienone is 2. The molecule has 1 heterocycles. The summed E-state index contributed by atoms with van der Waals surface area (Å²) in [5.41, 5.74) is 0.948. The highest BCUT2D eigenvalue weighted by atomic mass is 35.5. The van der Waals surface area contributed by atoms with E-state index in [2.05, 4.69) is 4.98 Å². The number of ketones is 1. The maximum atomic E-state index is 12.8. The van der Waals surface area contributed by atoms with Crippen molar-refractivity contribution in [1.82, 2.24) is 9.88 Å². The predicted octanol–water partition coefficient (Wildman–Crippen LogP) is 4.42. The Morgan fingerprint density at radius 1 is 1.39 bits per heavy atom. The number of Topliss-reactive ketones (excluding diaryl/α,β-unsaturated/α-hetero) is 1. The summed E-state index contributed by atoms with van der Waals surface area (Å²) in [6, 6.07) is 9.20. The van der Waals surface area contributed by atoms with Crippen molar-refractivity contribution in [1.29, 1.82) is 5.26 Å². The minimum atomic E-state index is -0.545. The number of pyridine rings is 1. The second-order valence-electron chi connectivity index (χ2n) is 7.95. The van der Waals surface area contributed by atoms with E-state index < -0.39 is 5.41 Å². The molecule has 0 bridgehead atoms. The van der Waals surface area contributed by atoms with Crippen LogP contribution in [0.15, 0.2) is 42.1 Å². The van der Waals surface area contributed by atoms with E-state index in [0.717, 1.165) is 10.9 Å². The number of rotatable bonds is 4. The Kier molecular flexibility index (Phi) is 5.53. The van der Waals surface area contributed by atoms with Crippen LogP contribution in [0.5, 0.6) is 0 Å². The van der Waals surface area contributed by atoms with Crippen LogP contribution in [0, 0.1) is 22.7 Å². The molecule has 0 saturated carbocycles. The molecule has 5 nitrogen and oxygen atoms in total. The monoisotopic (exact) mass is 395 g/mol. The van der Waals surface area contributed by atoms with E-state index in [-0.39, 0.29) is 23.2 Å². The van der Waals surface area contributed by atoms with Crippen molar-refractivity contribution >= 4 is 34.2 Å². The van der Waals surface area contributed by atoms with Crippen LogP contribution in [0.2, 0.25) is 5.02 Å². The third kappa shape index (κ3) is 4.07. The number of amides is 1. The molecule has 144 valence electrons. The lowest BCUT2D eigenvalue weighted by atomic mass is 9.71. The highest BCUT2D eigenvalue weighted by molar-refractivity contribution is 6.31. The fraction of sp³-hybridized carbons (Fsp3) is 0.364. The highest BCUT2D eigenvalue weighted by Crippen LogP contribution is 2.36. The molecule has 0 spiro atoms. The van der Waals surface area contributed by atoms with Gasteiger partial charge in [-0.3, -0.25) is 14.6 Å². The average Bonchev–Trinajstić information content (AvgIpc) is 2.67. The molecule has 0 aliphatic heterocycles. The van der Waals surface area contributed by atoms with Gasteiger partial charge in [-0.15, -0.1) is 0 Å². The van der Waals surface area contributed by atoms with E-state index in [9.17, 15) is 14.9 Å². The fourth-order valence-electron chi connectivity index (χ4n) is 3.65. The van der Waals surface area contributed by atoms with E-state index in [0.29, 0.717) is 30.0 Å². The molecular formula is C22H22ClN3O2. The van der Waals surface area contributed by atoms with Crippen LogP contribution >= 0.6 is 11.6 Å². The molecule has 1 aromatic heterocycles. The van der Waals surface area contributed by atoms with Gasteiger partial charge in [0.2, 0.25) is 0 Å².